The molecular weight excluding hydrogens is 132 g/mol. The second kappa shape index (κ2) is 9.54. The summed E-state index contributed by atoms with van der Waals surface area (Å²) in [4.78, 5) is 9.24. The normalized spacial score (nSPS) is 5.29. The fraction of sp³-hybridized carbons (Fsp3) is 0.500. The molecule has 0 aliphatic heterocycles. The monoisotopic (exact) mass is 138 g/mol. The summed E-state index contributed by atoms with van der Waals surface area (Å²) in [5.74, 6) is -0.968. The van der Waals surface area contributed by atoms with Gasteiger partial charge in [-0.25, -0.2) is 0 Å². The zero-order valence-corrected chi connectivity index (χ0v) is 5.60. The Kier molecular flexibility index (Phi) is 21.4. The molecule has 0 rings (SSSR count). The van der Waals surface area contributed by atoms with Crippen LogP contribution in [0.1, 0.15) is 0 Å². The molecule has 0 heterocycles. The first kappa shape index (κ1) is 15.7. The van der Waals surface area contributed by atoms with E-state index in [-0.39, 0.29) is 36.3 Å². The molecule has 0 aromatic carbocycles. The molecule has 0 unspecified atom stereocenters. The number of hydrogen-bond donors (Lipinski definition) is 2. The Balaban J connectivity index is -0.0000000800. The van der Waals surface area contributed by atoms with Crippen LogP contribution < -0.4 is 5.73 Å². The molecule has 0 aromatic rings. The minimum atomic E-state index is -0.968. The van der Waals surface area contributed by atoms with E-state index in [0.29, 0.717) is 0 Å². The number of carbonyl (C=O) groups is 1. The average Bonchev–Trinajstić information content (AvgIpc) is 1.38. The molecule has 5 heteroatoms. The molecule has 0 saturated heterocycles. The minimum absolute atomic E-state index is 0. The fourth-order valence-corrected chi connectivity index (χ4v) is 0. The number of carboxylic acid groups (broad SMARTS) is 1. The van der Waals surface area contributed by atoms with Crippen LogP contribution in [0.4, 0.5) is 0 Å². The predicted octanol–water partition coefficient (Wildman–Crippen LogP) is -0.929. The van der Waals surface area contributed by atoms with Gasteiger partial charge in [-0.1, -0.05) is 0 Å². The van der Waals surface area contributed by atoms with Gasteiger partial charge in [-0.05, 0) is 0 Å². The summed E-state index contributed by atoms with van der Waals surface area (Å²) >= 11 is 0. The summed E-state index contributed by atoms with van der Waals surface area (Å²) in [5.41, 5.74) is 4.57. The van der Waals surface area contributed by atoms with Crippen LogP contribution in [0.15, 0.2) is 0 Å². The Morgan fingerprint density at radius 3 is 1.86 bits per heavy atom. The van der Waals surface area contributed by atoms with Crippen molar-refractivity contribution in [1.82, 2.24) is 0 Å². The van der Waals surface area contributed by atoms with Crippen LogP contribution in [0.25, 0.3) is 0 Å². The summed E-state index contributed by atoms with van der Waals surface area (Å²) in [7, 11) is 0. The molecule has 0 bridgehead atoms. The van der Waals surface area contributed by atoms with Crippen LogP contribution in [0, 0.1) is 0 Å². The van der Waals surface area contributed by atoms with Gasteiger partial charge in [0.15, 0.2) is 0 Å². The first-order valence-electron chi connectivity index (χ1n) is 1.19. The van der Waals surface area contributed by atoms with Crippen LogP contribution in [0.2, 0.25) is 0 Å². The Bertz CT molecular complexity index is 51.0. The van der Waals surface area contributed by atoms with Crippen molar-refractivity contribution < 1.29 is 9.90 Å². The molecule has 0 atom stereocenters. The Labute approximate surface area is 58.4 Å². The standard InChI is InChI=1S/C2H5NO2.Al.ClH/c3-1-2(4)5;;/h1,3H2,(H,4,5);;1H/q;+3;. The molecule has 0 fully saturated rings. The van der Waals surface area contributed by atoms with Crippen LogP contribution >= 0.6 is 12.4 Å². The molecule has 0 aliphatic carbocycles. The molecule has 38 valence electrons. The molecule has 0 aromatic heterocycles. The van der Waals surface area contributed by atoms with Gasteiger partial charge in [0, 0.05) is 0 Å². The summed E-state index contributed by atoms with van der Waals surface area (Å²) in [5, 5.41) is 7.60. The van der Waals surface area contributed by atoms with Gasteiger partial charge in [0.25, 0.3) is 0 Å². The van der Waals surface area contributed by atoms with Crippen molar-refractivity contribution in [3.05, 3.63) is 0 Å². The summed E-state index contributed by atoms with van der Waals surface area (Å²) in [6.07, 6.45) is 0. The number of halogens is 1. The average molecular weight is 139 g/mol. The Morgan fingerprint density at radius 2 is 1.86 bits per heavy atom. The number of nitrogens with two attached hydrogens (primary N) is 1. The van der Waals surface area contributed by atoms with Crippen molar-refractivity contribution in [1.29, 1.82) is 0 Å². The van der Waals surface area contributed by atoms with E-state index >= 15 is 0 Å². The van der Waals surface area contributed by atoms with E-state index in [9.17, 15) is 4.79 Å². The largest absolute Gasteiger partial charge is 3.00 e. The molecule has 0 radical (unpaired) electrons. The first-order chi connectivity index (χ1) is 2.27. The zero-order valence-electron chi connectivity index (χ0n) is 3.63. The van der Waals surface area contributed by atoms with Crippen molar-refractivity contribution in [2.24, 2.45) is 5.73 Å². The predicted molar refractivity (Wildman–Crippen MR) is 29.7 cm³/mol. The topological polar surface area (TPSA) is 63.3 Å². The van der Waals surface area contributed by atoms with E-state index in [1.54, 1.807) is 0 Å². The van der Waals surface area contributed by atoms with Gasteiger partial charge < -0.3 is 10.8 Å². The number of carboxylic acids is 1. The van der Waals surface area contributed by atoms with Gasteiger partial charge in [-0.15, -0.1) is 12.4 Å². The van der Waals surface area contributed by atoms with Gasteiger partial charge in [0.1, 0.15) is 0 Å². The van der Waals surface area contributed by atoms with E-state index in [0.717, 1.165) is 0 Å². The summed E-state index contributed by atoms with van der Waals surface area (Å²) < 4.78 is 0. The van der Waals surface area contributed by atoms with E-state index in [1.807, 2.05) is 0 Å². The minimum Gasteiger partial charge on any atom is -0.480 e. The molecular formula is C2H6AlClNO2+3. The van der Waals surface area contributed by atoms with Crippen molar-refractivity contribution in [2.45, 2.75) is 0 Å². The van der Waals surface area contributed by atoms with Gasteiger partial charge in [0.2, 0.25) is 0 Å². The summed E-state index contributed by atoms with van der Waals surface area (Å²) in [6, 6.07) is 0. The van der Waals surface area contributed by atoms with Gasteiger partial charge in [-0.2, -0.15) is 0 Å². The van der Waals surface area contributed by atoms with E-state index in [4.69, 9.17) is 5.11 Å². The third-order valence-corrected chi connectivity index (χ3v) is 0.175. The second-order valence-corrected chi connectivity index (χ2v) is 0.598. The summed E-state index contributed by atoms with van der Waals surface area (Å²) in [6.45, 7) is -0.278. The van der Waals surface area contributed by atoms with Crippen LogP contribution in [0.5, 0.6) is 0 Å². The van der Waals surface area contributed by atoms with Crippen molar-refractivity contribution >= 4 is 35.7 Å². The third kappa shape index (κ3) is 22.3. The molecule has 3 N–H and O–H groups in total. The van der Waals surface area contributed by atoms with Crippen molar-refractivity contribution in [3.8, 4) is 0 Å². The van der Waals surface area contributed by atoms with Gasteiger partial charge >= 0.3 is 23.3 Å². The quantitative estimate of drug-likeness (QED) is 0.460. The molecule has 0 aliphatic rings. The maximum absolute atomic E-state index is 9.24. The van der Waals surface area contributed by atoms with Crippen LogP contribution in [-0.4, -0.2) is 35.0 Å². The molecule has 0 spiro atoms. The SMILES string of the molecule is Cl.NCC(=O)O.[Al+3]. The van der Waals surface area contributed by atoms with Crippen molar-refractivity contribution in [3.63, 3.8) is 0 Å². The molecule has 0 saturated carbocycles. The van der Waals surface area contributed by atoms with Crippen molar-refractivity contribution in [2.75, 3.05) is 6.54 Å². The Morgan fingerprint density at radius 1 is 1.71 bits per heavy atom. The number of aliphatic carboxylic acids is 1. The molecule has 7 heavy (non-hydrogen) atoms. The second-order valence-electron chi connectivity index (χ2n) is 0.598. The van der Waals surface area contributed by atoms with E-state index in [1.165, 1.54) is 0 Å². The first-order valence-corrected chi connectivity index (χ1v) is 1.19. The van der Waals surface area contributed by atoms with Gasteiger partial charge in [0.05, 0.1) is 6.54 Å². The fourth-order valence-electron chi connectivity index (χ4n) is 0. The zero-order chi connectivity index (χ0) is 4.28. The third-order valence-electron chi connectivity index (χ3n) is 0.175. The van der Waals surface area contributed by atoms with E-state index in [2.05, 4.69) is 5.73 Å². The van der Waals surface area contributed by atoms with Crippen LogP contribution in [-0.2, 0) is 4.79 Å². The smallest absolute Gasteiger partial charge is 0.480 e. The maximum Gasteiger partial charge on any atom is 3.00 e. The number of rotatable bonds is 1. The van der Waals surface area contributed by atoms with Crippen LogP contribution in [0.3, 0.4) is 0 Å². The van der Waals surface area contributed by atoms with Gasteiger partial charge in [-0.3, -0.25) is 4.79 Å². The number of hydrogen-bond acceptors (Lipinski definition) is 2. The molecule has 0 amide bonds. The van der Waals surface area contributed by atoms with E-state index < -0.39 is 5.97 Å². The maximum atomic E-state index is 9.24. The Hall–Kier alpha value is 0.252. The molecule has 3 nitrogen and oxygen atoms in total.